The van der Waals surface area contributed by atoms with Crippen LogP contribution in [0.4, 0.5) is 11.4 Å². The number of nitro groups is 1. The molecule has 0 saturated heterocycles. The van der Waals surface area contributed by atoms with Crippen LogP contribution < -0.4 is 5.32 Å². The molecule has 0 aliphatic heterocycles. The Morgan fingerprint density at radius 1 is 1.11 bits per heavy atom. The van der Waals surface area contributed by atoms with Gasteiger partial charge in [-0.25, -0.2) is 4.79 Å². The van der Waals surface area contributed by atoms with Gasteiger partial charge in [0.2, 0.25) is 5.91 Å². The van der Waals surface area contributed by atoms with Gasteiger partial charge in [-0.15, -0.1) is 0 Å². The molecule has 0 heterocycles. The summed E-state index contributed by atoms with van der Waals surface area (Å²) in [5.41, 5.74) is 0.982. The lowest BCUT2D eigenvalue weighted by Gasteiger charge is -2.16. The lowest BCUT2D eigenvalue weighted by atomic mass is 10.2. The number of hydrogen-bond acceptors (Lipinski definition) is 6. The number of nitrogens with one attached hydrogen (secondary N) is 1. The number of anilines is 1. The molecular weight excluding hydrogens is 366 g/mol. The molecule has 2 aromatic rings. The van der Waals surface area contributed by atoms with Crippen LogP contribution in [-0.2, 0) is 14.3 Å². The van der Waals surface area contributed by atoms with Gasteiger partial charge in [-0.05, 0) is 25.1 Å². The fourth-order valence-corrected chi connectivity index (χ4v) is 2.26. The second-order valence-electron chi connectivity index (χ2n) is 6.01. The van der Waals surface area contributed by atoms with Gasteiger partial charge in [0, 0.05) is 18.8 Å². The van der Waals surface area contributed by atoms with Crippen molar-refractivity contribution >= 4 is 29.2 Å². The fourth-order valence-electron chi connectivity index (χ4n) is 2.26. The normalized spacial score (nSPS) is 10.1. The lowest BCUT2D eigenvalue weighted by molar-refractivity contribution is -0.385. The van der Waals surface area contributed by atoms with Crippen LogP contribution in [0.1, 0.15) is 15.9 Å². The van der Waals surface area contributed by atoms with Crippen molar-refractivity contribution in [1.29, 1.82) is 0 Å². The zero-order valence-electron chi connectivity index (χ0n) is 15.4. The van der Waals surface area contributed by atoms with Crippen molar-refractivity contribution in [2.45, 2.75) is 6.92 Å². The van der Waals surface area contributed by atoms with Crippen LogP contribution in [-0.4, -0.2) is 47.8 Å². The minimum Gasteiger partial charge on any atom is -0.452 e. The maximum atomic E-state index is 12.1. The van der Waals surface area contributed by atoms with E-state index in [1.54, 1.807) is 12.1 Å². The monoisotopic (exact) mass is 385 g/mol. The minimum absolute atomic E-state index is 0.240. The highest BCUT2D eigenvalue weighted by Gasteiger charge is 2.22. The first kappa shape index (κ1) is 20.6. The molecule has 0 bridgehead atoms. The van der Waals surface area contributed by atoms with E-state index < -0.39 is 35.0 Å². The number of ether oxygens (including phenoxy) is 1. The molecule has 0 atom stereocenters. The molecule has 2 amide bonds. The highest BCUT2D eigenvalue weighted by molar-refractivity contribution is 5.96. The quantitative estimate of drug-likeness (QED) is 0.443. The van der Waals surface area contributed by atoms with Gasteiger partial charge in [0.1, 0.15) is 5.56 Å². The van der Waals surface area contributed by atoms with E-state index in [1.165, 1.54) is 31.3 Å². The first-order valence-corrected chi connectivity index (χ1v) is 8.29. The van der Waals surface area contributed by atoms with E-state index in [1.807, 2.05) is 19.1 Å². The van der Waals surface area contributed by atoms with Crippen LogP contribution in [0.2, 0.25) is 0 Å². The average molecular weight is 385 g/mol. The van der Waals surface area contributed by atoms with Crippen LogP contribution in [0.5, 0.6) is 0 Å². The average Bonchev–Trinajstić information content (AvgIpc) is 2.67. The van der Waals surface area contributed by atoms with Gasteiger partial charge >= 0.3 is 5.97 Å². The van der Waals surface area contributed by atoms with Crippen LogP contribution in [0.3, 0.4) is 0 Å². The third kappa shape index (κ3) is 5.63. The molecule has 146 valence electrons. The van der Waals surface area contributed by atoms with Gasteiger partial charge in [-0.2, -0.15) is 0 Å². The number of hydrogen-bond donors (Lipinski definition) is 1. The predicted molar refractivity (Wildman–Crippen MR) is 101 cm³/mol. The number of carbonyl (C=O) groups excluding carboxylic acids is 3. The summed E-state index contributed by atoms with van der Waals surface area (Å²) in [6, 6.07) is 12.4. The Kier molecular flexibility index (Phi) is 6.80. The van der Waals surface area contributed by atoms with Crippen molar-refractivity contribution in [2.75, 3.05) is 25.5 Å². The van der Waals surface area contributed by atoms with Gasteiger partial charge in [0.15, 0.2) is 6.61 Å². The Balaban J connectivity index is 1.87. The van der Waals surface area contributed by atoms with Crippen LogP contribution in [0, 0.1) is 17.0 Å². The summed E-state index contributed by atoms with van der Waals surface area (Å²) in [7, 11) is 1.38. The van der Waals surface area contributed by atoms with Crippen molar-refractivity contribution in [3.8, 4) is 0 Å². The molecule has 0 aromatic heterocycles. The molecule has 2 rings (SSSR count). The molecular formula is C19H19N3O6. The summed E-state index contributed by atoms with van der Waals surface area (Å²) >= 11 is 0. The molecule has 0 radical (unpaired) electrons. The molecule has 0 saturated carbocycles. The summed E-state index contributed by atoms with van der Waals surface area (Å²) in [6.07, 6.45) is 0. The molecule has 0 aliphatic rings. The number of esters is 1. The molecule has 9 nitrogen and oxygen atoms in total. The maximum Gasteiger partial charge on any atom is 0.345 e. The largest absolute Gasteiger partial charge is 0.452 e. The third-order valence-electron chi connectivity index (χ3n) is 3.79. The summed E-state index contributed by atoms with van der Waals surface area (Å²) < 4.78 is 4.85. The summed E-state index contributed by atoms with van der Waals surface area (Å²) in [4.78, 5) is 47.4. The van der Waals surface area contributed by atoms with E-state index in [4.69, 9.17) is 4.74 Å². The number of amides is 2. The van der Waals surface area contributed by atoms with Gasteiger partial charge < -0.3 is 15.0 Å². The summed E-state index contributed by atoms with van der Waals surface area (Å²) in [5, 5.41) is 13.6. The second kappa shape index (κ2) is 9.26. The van der Waals surface area contributed by atoms with E-state index in [0.29, 0.717) is 5.69 Å². The second-order valence-corrected chi connectivity index (χ2v) is 6.01. The van der Waals surface area contributed by atoms with E-state index in [0.717, 1.165) is 10.5 Å². The fraction of sp³-hybridized carbons (Fsp3) is 0.211. The number of para-hydroxylation sites is 1. The number of nitrogens with zero attached hydrogens (tertiary/aromatic N) is 2. The molecule has 0 unspecified atom stereocenters. The zero-order chi connectivity index (χ0) is 20.7. The number of likely N-dealkylation sites (N-methyl/N-ethyl adjacent to an activating group) is 1. The molecule has 0 fully saturated rings. The van der Waals surface area contributed by atoms with Crippen molar-refractivity contribution in [3.63, 3.8) is 0 Å². The molecule has 0 spiro atoms. The van der Waals surface area contributed by atoms with Crippen molar-refractivity contribution in [2.24, 2.45) is 0 Å². The number of rotatable bonds is 7. The van der Waals surface area contributed by atoms with Crippen LogP contribution in [0.15, 0.2) is 48.5 Å². The van der Waals surface area contributed by atoms with E-state index in [9.17, 15) is 24.5 Å². The number of aryl methyl sites for hydroxylation is 1. The first-order chi connectivity index (χ1) is 13.3. The summed E-state index contributed by atoms with van der Waals surface area (Å²) in [5.74, 6) is -2.02. The van der Waals surface area contributed by atoms with Crippen molar-refractivity contribution in [1.82, 2.24) is 4.90 Å². The Bertz CT molecular complexity index is 895. The van der Waals surface area contributed by atoms with E-state index in [-0.39, 0.29) is 12.1 Å². The van der Waals surface area contributed by atoms with E-state index >= 15 is 0 Å². The van der Waals surface area contributed by atoms with Crippen molar-refractivity contribution < 1.29 is 24.0 Å². The Morgan fingerprint density at radius 2 is 1.75 bits per heavy atom. The standard InChI is InChI=1S/C19H19N3O6/c1-13-7-9-14(10-8-13)20-17(23)11-21(2)18(24)12-28-19(25)15-5-3-4-6-16(15)22(26)27/h3-10H,11-12H2,1-2H3,(H,20,23). The zero-order valence-corrected chi connectivity index (χ0v) is 15.4. The molecule has 2 aromatic carbocycles. The smallest absolute Gasteiger partial charge is 0.345 e. The Morgan fingerprint density at radius 3 is 2.39 bits per heavy atom. The third-order valence-corrected chi connectivity index (χ3v) is 3.79. The van der Waals surface area contributed by atoms with Gasteiger partial charge in [-0.3, -0.25) is 19.7 Å². The number of benzene rings is 2. The van der Waals surface area contributed by atoms with Gasteiger partial charge in [0.05, 0.1) is 11.5 Å². The summed E-state index contributed by atoms with van der Waals surface area (Å²) in [6.45, 7) is 1.04. The van der Waals surface area contributed by atoms with Crippen molar-refractivity contribution in [3.05, 3.63) is 69.8 Å². The minimum atomic E-state index is -0.988. The molecule has 28 heavy (non-hydrogen) atoms. The van der Waals surface area contributed by atoms with Crippen LogP contribution >= 0.6 is 0 Å². The number of carbonyl (C=O) groups is 3. The topological polar surface area (TPSA) is 119 Å². The first-order valence-electron chi connectivity index (χ1n) is 8.29. The highest BCUT2D eigenvalue weighted by atomic mass is 16.6. The van der Waals surface area contributed by atoms with Gasteiger partial charge in [0.25, 0.3) is 11.6 Å². The Hall–Kier alpha value is -3.75. The lowest BCUT2D eigenvalue weighted by Crippen LogP contribution is -2.37. The SMILES string of the molecule is Cc1ccc(NC(=O)CN(C)C(=O)COC(=O)c2ccccc2[N+](=O)[O-])cc1. The van der Waals surface area contributed by atoms with Crippen LogP contribution in [0.25, 0.3) is 0 Å². The maximum absolute atomic E-state index is 12.1. The molecule has 0 aliphatic carbocycles. The van der Waals surface area contributed by atoms with E-state index in [2.05, 4.69) is 5.32 Å². The van der Waals surface area contributed by atoms with Gasteiger partial charge in [-0.1, -0.05) is 29.8 Å². The number of nitro benzene ring substituents is 1. The Labute approximate surface area is 161 Å². The predicted octanol–water partition coefficient (Wildman–Crippen LogP) is 2.16. The molecule has 1 N–H and O–H groups in total. The highest BCUT2D eigenvalue weighted by Crippen LogP contribution is 2.18. The molecule has 9 heteroatoms.